The van der Waals surface area contributed by atoms with E-state index >= 15 is 0 Å². The summed E-state index contributed by atoms with van der Waals surface area (Å²) in [5, 5.41) is 2.65. The normalized spacial score (nSPS) is 10.4. The minimum Gasteiger partial charge on any atom is -0.495 e. The predicted molar refractivity (Wildman–Crippen MR) is 84.5 cm³/mol. The van der Waals surface area contributed by atoms with E-state index in [4.69, 9.17) is 9.47 Å². The molecule has 1 aromatic carbocycles. The summed E-state index contributed by atoms with van der Waals surface area (Å²) in [4.78, 5) is 15.7. The van der Waals surface area contributed by atoms with Crippen LogP contribution in [0.5, 0.6) is 5.75 Å². The van der Waals surface area contributed by atoms with Gasteiger partial charge >= 0.3 is 6.09 Å². The van der Waals surface area contributed by atoms with E-state index in [1.807, 2.05) is 48.5 Å². The monoisotopic (exact) mass is 298 g/mol. The second kappa shape index (κ2) is 8.46. The molecule has 5 nitrogen and oxygen atoms in total. The average molecular weight is 298 g/mol. The van der Waals surface area contributed by atoms with Gasteiger partial charge in [-0.05, 0) is 23.8 Å². The van der Waals surface area contributed by atoms with Crippen molar-refractivity contribution in [3.8, 4) is 5.75 Å². The van der Waals surface area contributed by atoms with Crippen LogP contribution in [0.4, 0.5) is 4.79 Å². The molecule has 22 heavy (non-hydrogen) atoms. The predicted octanol–water partition coefficient (Wildman–Crippen LogP) is 3.03. The van der Waals surface area contributed by atoms with Crippen molar-refractivity contribution in [2.24, 2.45) is 0 Å². The summed E-state index contributed by atoms with van der Waals surface area (Å²) < 4.78 is 10.1. The first-order chi connectivity index (χ1) is 10.8. The molecule has 0 aliphatic carbocycles. The van der Waals surface area contributed by atoms with Crippen molar-refractivity contribution >= 4 is 12.2 Å². The maximum Gasteiger partial charge on any atom is 0.407 e. The van der Waals surface area contributed by atoms with Crippen LogP contribution in [0.2, 0.25) is 0 Å². The zero-order valence-electron chi connectivity index (χ0n) is 12.4. The molecule has 0 atom stereocenters. The second-order valence-electron chi connectivity index (χ2n) is 4.47. The molecule has 0 aliphatic rings. The maximum absolute atomic E-state index is 11.5. The summed E-state index contributed by atoms with van der Waals surface area (Å²) in [5.41, 5.74) is 1.75. The molecule has 0 fully saturated rings. The number of hydrogen-bond donors (Lipinski definition) is 1. The van der Waals surface area contributed by atoms with Crippen LogP contribution in [0, 0.1) is 0 Å². The SMILES string of the molecule is COc1ccc(C=CCNC(=O)OCc2ccccc2)nc1. The average Bonchev–Trinajstić information content (AvgIpc) is 2.58. The number of amides is 1. The van der Waals surface area contributed by atoms with Crippen molar-refractivity contribution in [2.75, 3.05) is 13.7 Å². The van der Waals surface area contributed by atoms with Gasteiger partial charge in [-0.1, -0.05) is 36.4 Å². The number of carbonyl (C=O) groups is 1. The number of nitrogens with one attached hydrogen (secondary N) is 1. The van der Waals surface area contributed by atoms with E-state index < -0.39 is 6.09 Å². The Hall–Kier alpha value is -2.82. The van der Waals surface area contributed by atoms with Crippen LogP contribution in [0.25, 0.3) is 6.08 Å². The molecule has 0 aliphatic heterocycles. The molecule has 1 amide bonds. The quantitative estimate of drug-likeness (QED) is 0.890. The maximum atomic E-state index is 11.5. The van der Waals surface area contributed by atoms with Crippen LogP contribution in [-0.4, -0.2) is 24.7 Å². The highest BCUT2D eigenvalue weighted by atomic mass is 16.5. The standard InChI is InChI=1S/C17H18N2O3/c1-21-16-10-9-15(19-12-16)8-5-11-18-17(20)22-13-14-6-3-2-4-7-14/h2-10,12H,11,13H2,1H3,(H,18,20). The van der Waals surface area contributed by atoms with Crippen LogP contribution >= 0.6 is 0 Å². The minimum absolute atomic E-state index is 0.260. The van der Waals surface area contributed by atoms with Crippen molar-refractivity contribution in [3.63, 3.8) is 0 Å². The second-order valence-corrected chi connectivity index (χ2v) is 4.47. The van der Waals surface area contributed by atoms with Gasteiger partial charge in [0.25, 0.3) is 0 Å². The number of benzene rings is 1. The van der Waals surface area contributed by atoms with E-state index in [0.717, 1.165) is 11.3 Å². The van der Waals surface area contributed by atoms with Crippen molar-refractivity contribution in [2.45, 2.75) is 6.61 Å². The van der Waals surface area contributed by atoms with E-state index in [1.165, 1.54) is 0 Å². The number of alkyl carbamates (subject to hydrolysis) is 1. The van der Waals surface area contributed by atoms with Gasteiger partial charge in [0.2, 0.25) is 0 Å². The van der Waals surface area contributed by atoms with E-state index in [9.17, 15) is 4.79 Å². The van der Waals surface area contributed by atoms with Crippen molar-refractivity contribution in [3.05, 3.63) is 66.0 Å². The number of pyridine rings is 1. The third-order valence-corrected chi connectivity index (χ3v) is 2.86. The fraction of sp³-hybridized carbons (Fsp3) is 0.176. The molecule has 1 heterocycles. The van der Waals surface area contributed by atoms with Gasteiger partial charge in [0.05, 0.1) is 19.0 Å². The summed E-state index contributed by atoms with van der Waals surface area (Å²) in [6.07, 6.45) is 4.81. The van der Waals surface area contributed by atoms with E-state index in [0.29, 0.717) is 12.3 Å². The lowest BCUT2D eigenvalue weighted by molar-refractivity contribution is 0.141. The molecule has 5 heteroatoms. The van der Waals surface area contributed by atoms with E-state index in [2.05, 4.69) is 10.3 Å². The van der Waals surface area contributed by atoms with Crippen molar-refractivity contribution in [1.82, 2.24) is 10.3 Å². The number of methoxy groups -OCH3 is 1. The van der Waals surface area contributed by atoms with Gasteiger partial charge in [-0.25, -0.2) is 4.79 Å². The fourth-order valence-electron chi connectivity index (χ4n) is 1.71. The lowest BCUT2D eigenvalue weighted by Crippen LogP contribution is -2.24. The number of ether oxygens (including phenoxy) is 2. The van der Waals surface area contributed by atoms with Gasteiger partial charge in [0, 0.05) is 6.54 Å². The van der Waals surface area contributed by atoms with E-state index in [1.54, 1.807) is 19.4 Å². The smallest absolute Gasteiger partial charge is 0.407 e. The minimum atomic E-state index is -0.448. The highest BCUT2D eigenvalue weighted by Gasteiger charge is 2.00. The van der Waals surface area contributed by atoms with Crippen molar-refractivity contribution < 1.29 is 14.3 Å². The highest BCUT2D eigenvalue weighted by molar-refractivity contribution is 5.67. The number of carbonyl (C=O) groups excluding carboxylic acids is 1. The van der Waals surface area contributed by atoms with Crippen LogP contribution < -0.4 is 10.1 Å². The number of nitrogens with zero attached hydrogens (tertiary/aromatic N) is 1. The Balaban J connectivity index is 1.68. The molecule has 114 valence electrons. The molecule has 0 bridgehead atoms. The van der Waals surface area contributed by atoms with Gasteiger partial charge in [0.15, 0.2) is 0 Å². The summed E-state index contributed by atoms with van der Waals surface area (Å²) in [6.45, 7) is 0.637. The first kappa shape index (κ1) is 15.6. The Labute approximate surface area is 129 Å². The Bertz CT molecular complexity index is 610. The topological polar surface area (TPSA) is 60.5 Å². The molecular formula is C17H18N2O3. The van der Waals surface area contributed by atoms with Crippen LogP contribution in [0.3, 0.4) is 0 Å². The Morgan fingerprint density at radius 1 is 1.23 bits per heavy atom. The summed E-state index contributed by atoms with van der Waals surface area (Å²) in [7, 11) is 1.59. The van der Waals surface area contributed by atoms with Gasteiger partial charge < -0.3 is 14.8 Å². The summed E-state index contributed by atoms with van der Waals surface area (Å²) in [6, 6.07) is 13.2. The Morgan fingerprint density at radius 2 is 2.05 bits per heavy atom. The zero-order chi connectivity index (χ0) is 15.6. The molecule has 0 saturated carbocycles. The third-order valence-electron chi connectivity index (χ3n) is 2.86. The molecular weight excluding hydrogens is 280 g/mol. The Kier molecular flexibility index (Phi) is 5.99. The van der Waals surface area contributed by atoms with Crippen molar-refractivity contribution in [1.29, 1.82) is 0 Å². The third kappa shape index (κ3) is 5.28. The first-order valence-electron chi connectivity index (χ1n) is 6.89. The lowest BCUT2D eigenvalue weighted by Gasteiger charge is -2.05. The molecule has 0 radical (unpaired) electrons. The van der Waals surface area contributed by atoms with Gasteiger partial charge in [0.1, 0.15) is 12.4 Å². The molecule has 1 N–H and O–H groups in total. The molecule has 0 unspecified atom stereocenters. The van der Waals surface area contributed by atoms with Gasteiger partial charge in [-0.3, -0.25) is 4.98 Å². The fourth-order valence-corrected chi connectivity index (χ4v) is 1.71. The van der Waals surface area contributed by atoms with Crippen LogP contribution in [0.15, 0.2) is 54.7 Å². The number of rotatable bonds is 6. The highest BCUT2D eigenvalue weighted by Crippen LogP contribution is 2.08. The first-order valence-corrected chi connectivity index (χ1v) is 6.89. The molecule has 1 aromatic heterocycles. The van der Waals surface area contributed by atoms with Gasteiger partial charge in [-0.15, -0.1) is 0 Å². The zero-order valence-corrected chi connectivity index (χ0v) is 12.4. The molecule has 0 spiro atoms. The summed E-state index contributed by atoms with van der Waals surface area (Å²) in [5.74, 6) is 0.708. The summed E-state index contributed by atoms with van der Waals surface area (Å²) >= 11 is 0. The lowest BCUT2D eigenvalue weighted by atomic mass is 10.2. The van der Waals surface area contributed by atoms with E-state index in [-0.39, 0.29) is 6.61 Å². The molecule has 2 rings (SSSR count). The van der Waals surface area contributed by atoms with Crippen LogP contribution in [-0.2, 0) is 11.3 Å². The number of hydrogen-bond acceptors (Lipinski definition) is 4. The van der Waals surface area contributed by atoms with Crippen LogP contribution in [0.1, 0.15) is 11.3 Å². The number of aromatic nitrogens is 1. The largest absolute Gasteiger partial charge is 0.495 e. The Morgan fingerprint density at radius 3 is 2.73 bits per heavy atom. The van der Waals surface area contributed by atoms with Gasteiger partial charge in [-0.2, -0.15) is 0 Å². The molecule has 0 saturated heterocycles. The molecule has 2 aromatic rings.